The van der Waals surface area contributed by atoms with Gasteiger partial charge in [-0.3, -0.25) is 4.79 Å². The van der Waals surface area contributed by atoms with Crippen LogP contribution in [0.25, 0.3) is 0 Å². The Labute approximate surface area is 137 Å². The van der Waals surface area contributed by atoms with Gasteiger partial charge in [-0.05, 0) is 18.6 Å². The number of hydrogen-bond donors (Lipinski definition) is 0. The number of imidazole rings is 1. The summed E-state index contributed by atoms with van der Waals surface area (Å²) in [5, 5.41) is 0. The third-order valence-corrected chi connectivity index (χ3v) is 4.40. The van der Waals surface area contributed by atoms with Crippen molar-refractivity contribution in [2.24, 2.45) is 0 Å². The highest BCUT2D eigenvalue weighted by Crippen LogP contribution is 2.22. The van der Waals surface area contributed by atoms with E-state index in [-0.39, 0.29) is 29.9 Å². The van der Waals surface area contributed by atoms with E-state index < -0.39 is 11.6 Å². The molecule has 0 saturated heterocycles. The van der Waals surface area contributed by atoms with Gasteiger partial charge in [-0.25, -0.2) is 13.8 Å². The van der Waals surface area contributed by atoms with Crippen molar-refractivity contribution in [2.75, 3.05) is 5.88 Å². The number of rotatable bonds is 4. The molecule has 0 bridgehead atoms. The molecule has 2 heterocycles. The monoisotopic (exact) mass is 339 g/mol. The van der Waals surface area contributed by atoms with Crippen LogP contribution in [0, 0.1) is 11.6 Å². The van der Waals surface area contributed by atoms with Gasteiger partial charge in [0.05, 0.1) is 12.6 Å². The quantitative estimate of drug-likeness (QED) is 0.803. The van der Waals surface area contributed by atoms with Crippen LogP contribution in [-0.4, -0.2) is 32.3 Å². The van der Waals surface area contributed by atoms with Crippen molar-refractivity contribution in [1.29, 1.82) is 0 Å². The Hall–Kier alpha value is -1.95. The van der Waals surface area contributed by atoms with Gasteiger partial charge in [0.15, 0.2) is 0 Å². The van der Waals surface area contributed by atoms with Gasteiger partial charge in [0.2, 0.25) is 5.91 Å². The molecule has 0 radical (unpaired) electrons. The number of carbonyl (C=O) groups excluding carboxylic acids is 1. The third kappa shape index (κ3) is 3.22. The number of amides is 1. The van der Waals surface area contributed by atoms with Crippen molar-refractivity contribution in [3.63, 3.8) is 0 Å². The van der Waals surface area contributed by atoms with E-state index >= 15 is 0 Å². The van der Waals surface area contributed by atoms with E-state index in [1.807, 2.05) is 10.8 Å². The highest BCUT2D eigenvalue weighted by atomic mass is 35.5. The molecule has 0 N–H and O–H groups in total. The lowest BCUT2D eigenvalue weighted by Crippen LogP contribution is -2.45. The summed E-state index contributed by atoms with van der Waals surface area (Å²) in [5.41, 5.74) is -0.109. The van der Waals surface area contributed by atoms with E-state index in [0.717, 1.165) is 5.82 Å². The highest BCUT2D eigenvalue weighted by Gasteiger charge is 2.29. The zero-order chi connectivity index (χ0) is 16.4. The first-order valence-corrected chi connectivity index (χ1v) is 7.92. The van der Waals surface area contributed by atoms with E-state index in [2.05, 4.69) is 4.98 Å². The Morgan fingerprint density at radius 2 is 2.13 bits per heavy atom. The normalized spacial score (nSPS) is 16.9. The summed E-state index contributed by atoms with van der Waals surface area (Å²) in [5.74, 6) is -0.906. The second kappa shape index (κ2) is 6.66. The van der Waals surface area contributed by atoms with Crippen molar-refractivity contribution >= 4 is 17.5 Å². The number of aryl methyl sites for hydroxylation is 1. The molecular formula is C16H16ClF2N3O. The zero-order valence-corrected chi connectivity index (χ0v) is 13.1. The summed E-state index contributed by atoms with van der Waals surface area (Å²) < 4.78 is 29.8. The first-order valence-electron chi connectivity index (χ1n) is 7.38. The number of halogens is 3. The van der Waals surface area contributed by atoms with Crippen LogP contribution < -0.4 is 0 Å². The Bertz CT molecular complexity index is 699. The number of alkyl halides is 1. The van der Waals surface area contributed by atoms with Crippen molar-refractivity contribution in [3.8, 4) is 0 Å². The van der Waals surface area contributed by atoms with E-state index in [0.29, 0.717) is 19.4 Å². The van der Waals surface area contributed by atoms with E-state index in [4.69, 9.17) is 11.6 Å². The molecule has 1 amide bonds. The third-order valence-electron chi connectivity index (χ3n) is 4.18. The maximum atomic E-state index is 13.9. The average molecular weight is 340 g/mol. The molecule has 4 nitrogen and oxygen atoms in total. The molecule has 2 aromatic rings. The lowest BCUT2D eigenvalue weighted by molar-refractivity contribution is -0.132. The largest absolute Gasteiger partial charge is 0.333 e. The van der Waals surface area contributed by atoms with Gasteiger partial charge < -0.3 is 9.47 Å². The van der Waals surface area contributed by atoms with Gasteiger partial charge in [-0.15, -0.1) is 11.6 Å². The fraction of sp³-hybridized carbons (Fsp3) is 0.375. The van der Waals surface area contributed by atoms with Crippen LogP contribution in [0.2, 0.25) is 0 Å². The molecule has 3 rings (SSSR count). The number of fused-ring (bicyclic) bond motifs is 1. The van der Waals surface area contributed by atoms with E-state index in [1.54, 1.807) is 6.20 Å². The van der Waals surface area contributed by atoms with Crippen LogP contribution in [0.3, 0.4) is 0 Å². The second-order valence-corrected chi connectivity index (χ2v) is 5.81. The smallest absolute Gasteiger partial charge is 0.238 e. The Kier molecular flexibility index (Phi) is 4.61. The molecule has 1 aliphatic rings. The SMILES string of the molecule is O=C(CCl)N(Cc1c(F)cccc1F)C1CCc2nccn2C1. The van der Waals surface area contributed by atoms with Gasteiger partial charge in [0, 0.05) is 30.9 Å². The lowest BCUT2D eigenvalue weighted by atomic mass is 10.0. The Morgan fingerprint density at radius 3 is 2.83 bits per heavy atom. The molecule has 7 heteroatoms. The summed E-state index contributed by atoms with van der Waals surface area (Å²) in [7, 11) is 0. The fourth-order valence-corrected chi connectivity index (χ4v) is 3.11. The minimum Gasteiger partial charge on any atom is -0.333 e. The van der Waals surface area contributed by atoms with Crippen LogP contribution in [0.1, 0.15) is 17.8 Å². The number of carbonyl (C=O) groups is 1. The highest BCUT2D eigenvalue weighted by molar-refractivity contribution is 6.27. The van der Waals surface area contributed by atoms with Gasteiger partial charge in [0.1, 0.15) is 23.3 Å². The first kappa shape index (κ1) is 15.9. The summed E-state index contributed by atoms with van der Waals surface area (Å²) in [6.45, 7) is 0.423. The molecule has 1 aliphatic heterocycles. The van der Waals surface area contributed by atoms with E-state index in [1.165, 1.54) is 23.1 Å². The molecule has 0 saturated carbocycles. The molecule has 1 aromatic carbocycles. The lowest BCUT2D eigenvalue weighted by Gasteiger charge is -2.34. The van der Waals surface area contributed by atoms with Crippen LogP contribution in [0.5, 0.6) is 0 Å². The average Bonchev–Trinajstić information content (AvgIpc) is 3.01. The summed E-state index contributed by atoms with van der Waals surface area (Å²) in [4.78, 5) is 17.9. The molecule has 0 spiro atoms. The predicted octanol–water partition coefficient (Wildman–Crippen LogP) is 2.74. The van der Waals surface area contributed by atoms with Crippen LogP contribution in [-0.2, 0) is 24.3 Å². The number of benzene rings is 1. The van der Waals surface area contributed by atoms with Crippen molar-refractivity contribution in [3.05, 3.63) is 53.6 Å². The first-order chi connectivity index (χ1) is 11.1. The second-order valence-electron chi connectivity index (χ2n) is 5.54. The minimum absolute atomic E-state index is 0.109. The molecule has 0 aliphatic carbocycles. The number of aromatic nitrogens is 2. The molecule has 0 fully saturated rings. The molecule has 1 unspecified atom stereocenters. The van der Waals surface area contributed by atoms with Crippen LogP contribution in [0.15, 0.2) is 30.6 Å². The fourth-order valence-electron chi connectivity index (χ4n) is 2.95. The van der Waals surface area contributed by atoms with Gasteiger partial charge >= 0.3 is 0 Å². The van der Waals surface area contributed by atoms with Crippen molar-refractivity contribution in [2.45, 2.75) is 32.0 Å². The number of nitrogens with zero attached hydrogens (tertiary/aromatic N) is 3. The zero-order valence-electron chi connectivity index (χ0n) is 12.4. The van der Waals surface area contributed by atoms with Crippen molar-refractivity contribution in [1.82, 2.24) is 14.5 Å². The summed E-state index contributed by atoms with van der Waals surface area (Å²) in [6, 6.07) is 3.52. The minimum atomic E-state index is -0.656. The Balaban J connectivity index is 1.86. The van der Waals surface area contributed by atoms with Crippen LogP contribution >= 0.6 is 11.6 Å². The molecular weight excluding hydrogens is 324 g/mol. The van der Waals surface area contributed by atoms with Gasteiger partial charge in [0.25, 0.3) is 0 Å². The van der Waals surface area contributed by atoms with E-state index in [9.17, 15) is 13.6 Å². The standard InChI is InChI=1S/C16H16ClF2N3O/c17-8-16(23)22(10-12-13(18)2-1-3-14(12)19)11-4-5-15-20-6-7-21(15)9-11/h1-3,6-7,11H,4-5,8-10H2. The number of hydrogen-bond acceptors (Lipinski definition) is 2. The van der Waals surface area contributed by atoms with Crippen molar-refractivity contribution < 1.29 is 13.6 Å². The summed E-state index contributed by atoms with van der Waals surface area (Å²) >= 11 is 5.69. The topological polar surface area (TPSA) is 38.1 Å². The molecule has 1 atom stereocenters. The maximum Gasteiger partial charge on any atom is 0.238 e. The molecule has 122 valence electrons. The predicted molar refractivity (Wildman–Crippen MR) is 82.0 cm³/mol. The van der Waals surface area contributed by atoms with Crippen LogP contribution in [0.4, 0.5) is 8.78 Å². The maximum absolute atomic E-state index is 13.9. The van der Waals surface area contributed by atoms with Gasteiger partial charge in [-0.1, -0.05) is 6.07 Å². The summed E-state index contributed by atoms with van der Waals surface area (Å²) in [6.07, 6.45) is 4.95. The molecule has 23 heavy (non-hydrogen) atoms. The Morgan fingerprint density at radius 1 is 1.39 bits per heavy atom. The van der Waals surface area contributed by atoms with Gasteiger partial charge in [-0.2, -0.15) is 0 Å². The molecule has 1 aromatic heterocycles.